The van der Waals surface area contributed by atoms with Crippen molar-refractivity contribution >= 4 is 103 Å². The Morgan fingerprint density at radius 3 is 1.59 bits per heavy atom. The number of sulfonamides is 1. The summed E-state index contributed by atoms with van der Waals surface area (Å²) in [6, 6.07) is 33.9. The maximum absolute atomic E-state index is 15.9. The number of rotatable bonds is 22. The normalized spacial score (nSPS) is 24.2. The van der Waals surface area contributed by atoms with Crippen LogP contribution in [-0.2, 0) is 58.3 Å². The van der Waals surface area contributed by atoms with Gasteiger partial charge in [-0.3, -0.25) is 28.7 Å². The molecule has 0 bridgehead atoms. The summed E-state index contributed by atoms with van der Waals surface area (Å²) in [5, 5.41) is 3.78. The molecule has 4 fully saturated rings. The van der Waals surface area contributed by atoms with E-state index >= 15 is 9.59 Å². The van der Waals surface area contributed by atoms with Crippen molar-refractivity contribution in [2.24, 2.45) is 22.7 Å². The lowest BCUT2D eigenvalue weighted by Crippen LogP contribution is -2.59. The van der Waals surface area contributed by atoms with Gasteiger partial charge in [-0.15, -0.1) is 11.3 Å². The lowest BCUT2D eigenvalue weighted by atomic mass is 9.66. The molecule has 2 aliphatic carbocycles. The summed E-state index contributed by atoms with van der Waals surface area (Å²) in [4.78, 5) is 70.0. The third kappa shape index (κ3) is 14.3. The van der Waals surface area contributed by atoms with Crippen molar-refractivity contribution < 1.29 is 41.1 Å². The highest BCUT2D eigenvalue weighted by Gasteiger charge is 2.57. The van der Waals surface area contributed by atoms with E-state index in [1.54, 1.807) is 78.5 Å². The summed E-state index contributed by atoms with van der Waals surface area (Å²) in [6.07, 6.45) is 6.55. The first-order valence-corrected chi connectivity index (χ1v) is 33.0. The van der Waals surface area contributed by atoms with Crippen molar-refractivity contribution in [2.45, 2.75) is 114 Å². The zero-order valence-electron chi connectivity index (χ0n) is 46.1. The van der Waals surface area contributed by atoms with Crippen LogP contribution < -0.4 is 0 Å². The third-order valence-electron chi connectivity index (χ3n) is 17.0. The molecule has 21 heteroatoms. The molecular formula is C62H65Cl4N5O9S3. The molecule has 1 N–H and O–H groups in total. The van der Waals surface area contributed by atoms with Crippen LogP contribution in [0.25, 0.3) is 0 Å². The Labute approximate surface area is 511 Å². The van der Waals surface area contributed by atoms with Gasteiger partial charge in [-0.25, -0.2) is 12.6 Å². The lowest BCUT2D eigenvalue weighted by molar-refractivity contribution is -0.172. The highest BCUT2D eigenvalue weighted by atomic mass is 35.5. The van der Waals surface area contributed by atoms with E-state index < -0.39 is 105 Å². The number of nitrogens with zero attached hydrogens (tertiary/aromatic N) is 5. The van der Waals surface area contributed by atoms with Gasteiger partial charge in [0.15, 0.2) is 0 Å². The van der Waals surface area contributed by atoms with Crippen molar-refractivity contribution in [3.05, 3.63) is 192 Å². The van der Waals surface area contributed by atoms with Crippen LogP contribution in [0.1, 0.15) is 122 Å². The lowest BCUT2D eigenvalue weighted by Gasteiger charge is -2.53. The standard InChI is InChI=1S/C62H65Cl4N5O9S3/c1-61(30-51(44-9-4-11-48(65)28-44)57(42-18-22-46(63)23-19-42)70(59(61)74)53(40-14-15-40)37-68(82(76)77)35-39-8-6-26-67-34-39)32-55(72)80-56(73)33-62(2)31-52(45-10-5-12-49(66)29-45)58(43-20-24-47(64)25-21-43)71(60(62)75)54(41-16-17-41)38-69(83(3,78)79)36-50-13-7-27-81-50/h4-13,18-29,34,40-41,51-54,57-58H,14-17,30-33,35-38H2,1-3H3,(H,76,77). The second-order valence-corrected chi connectivity index (χ2v) is 29.1. The first kappa shape index (κ1) is 61.1. The van der Waals surface area contributed by atoms with Gasteiger partial charge in [-0.1, -0.05) is 121 Å². The number of carbonyl (C=O) groups is 4. The Morgan fingerprint density at radius 1 is 0.687 bits per heavy atom. The van der Waals surface area contributed by atoms with Gasteiger partial charge in [0.2, 0.25) is 33.1 Å². The van der Waals surface area contributed by atoms with E-state index in [1.165, 1.54) is 26.2 Å². The van der Waals surface area contributed by atoms with E-state index in [9.17, 15) is 26.8 Å². The molecule has 2 saturated carbocycles. The van der Waals surface area contributed by atoms with E-state index in [-0.39, 0.29) is 50.9 Å². The smallest absolute Gasteiger partial charge is 0.314 e. The number of likely N-dealkylation sites (tertiary alicyclic amines) is 2. The summed E-state index contributed by atoms with van der Waals surface area (Å²) >= 11 is 25.4. The number of ether oxygens (including phenoxy) is 1. The number of piperidine rings is 2. The summed E-state index contributed by atoms with van der Waals surface area (Å²) in [7, 11) is -3.82. The molecule has 2 amide bonds. The molecule has 9 atom stereocenters. The second kappa shape index (κ2) is 25.5. The summed E-state index contributed by atoms with van der Waals surface area (Å²) in [5.74, 6) is -3.90. The van der Waals surface area contributed by atoms with Crippen molar-refractivity contribution in [3.8, 4) is 0 Å². The van der Waals surface area contributed by atoms with Crippen LogP contribution >= 0.6 is 57.7 Å². The fourth-order valence-corrected chi connectivity index (χ4v) is 15.5. The molecule has 14 nitrogen and oxygen atoms in total. The van der Waals surface area contributed by atoms with Gasteiger partial charge in [-0.2, -0.15) is 8.61 Å². The predicted octanol–water partition coefficient (Wildman–Crippen LogP) is 13.1. The quantitative estimate of drug-likeness (QED) is 0.0391. The molecule has 4 aromatic carbocycles. The highest BCUT2D eigenvalue weighted by molar-refractivity contribution is 7.88. The van der Waals surface area contributed by atoms with Crippen molar-refractivity contribution in [3.63, 3.8) is 0 Å². The monoisotopic (exact) mass is 1260 g/mol. The number of carbonyl (C=O) groups excluding carboxylic acids is 4. The number of hydrogen-bond acceptors (Lipinski definition) is 10. The average Bonchev–Trinajstić information content (AvgIpc) is 3.21. The molecule has 4 aliphatic rings. The van der Waals surface area contributed by atoms with Crippen LogP contribution in [0.4, 0.5) is 0 Å². The third-order valence-corrected chi connectivity index (χ3v) is 20.8. The Bertz CT molecular complexity index is 3470. The number of amides is 2. The predicted molar refractivity (Wildman–Crippen MR) is 324 cm³/mol. The van der Waals surface area contributed by atoms with Crippen LogP contribution in [0.15, 0.2) is 139 Å². The van der Waals surface area contributed by atoms with E-state index in [0.717, 1.165) is 52.8 Å². The molecule has 10 rings (SSSR count). The van der Waals surface area contributed by atoms with Crippen molar-refractivity contribution in [1.29, 1.82) is 0 Å². The van der Waals surface area contributed by atoms with E-state index in [1.807, 2.05) is 84.2 Å². The maximum atomic E-state index is 15.9. The average molecular weight is 1260 g/mol. The van der Waals surface area contributed by atoms with Gasteiger partial charge in [-0.05, 0) is 144 Å². The number of aromatic nitrogens is 1. The van der Waals surface area contributed by atoms with Crippen LogP contribution in [0, 0.1) is 22.7 Å². The van der Waals surface area contributed by atoms with Crippen LogP contribution in [0.3, 0.4) is 0 Å². The summed E-state index contributed by atoms with van der Waals surface area (Å²) in [5.41, 5.74) is 0.755. The van der Waals surface area contributed by atoms with Gasteiger partial charge >= 0.3 is 11.9 Å². The zero-order valence-corrected chi connectivity index (χ0v) is 51.5. The van der Waals surface area contributed by atoms with E-state index in [2.05, 4.69) is 4.98 Å². The minimum atomic E-state index is -3.82. The number of benzene rings is 4. The molecule has 0 radical (unpaired) electrons. The fourth-order valence-electron chi connectivity index (χ4n) is 12.7. The molecule has 2 aliphatic heterocycles. The van der Waals surface area contributed by atoms with Gasteiger partial charge in [0.25, 0.3) is 0 Å². The number of pyridine rings is 1. The van der Waals surface area contributed by atoms with Gasteiger partial charge < -0.3 is 14.5 Å². The molecule has 0 spiro atoms. The molecule has 83 heavy (non-hydrogen) atoms. The number of esters is 2. The highest BCUT2D eigenvalue weighted by Crippen LogP contribution is 2.57. The molecule has 6 aromatic rings. The van der Waals surface area contributed by atoms with Crippen LogP contribution in [0.5, 0.6) is 0 Å². The molecule has 2 aromatic heterocycles. The van der Waals surface area contributed by atoms with Gasteiger partial charge in [0.1, 0.15) is 0 Å². The fraction of sp³-hybridized carbons (Fsp3) is 0.403. The first-order valence-electron chi connectivity index (χ1n) is 27.7. The number of hydrogen-bond donors (Lipinski definition) is 1. The first-order chi connectivity index (χ1) is 39.6. The largest absolute Gasteiger partial charge is 0.393 e. The second-order valence-electron chi connectivity index (χ2n) is 23.3. The van der Waals surface area contributed by atoms with E-state index in [0.29, 0.717) is 25.7 Å². The molecule has 2 saturated heterocycles. The van der Waals surface area contributed by atoms with Crippen LogP contribution in [-0.4, -0.2) is 95.8 Å². The summed E-state index contributed by atoms with van der Waals surface area (Å²) < 4.78 is 60.2. The molecule has 9 unspecified atom stereocenters. The minimum absolute atomic E-state index is 0.000984. The molecule has 4 heterocycles. The Kier molecular flexibility index (Phi) is 18.8. The molecule has 438 valence electrons. The summed E-state index contributed by atoms with van der Waals surface area (Å²) in [6.45, 7) is 3.54. The Balaban J connectivity index is 0.990. The van der Waals surface area contributed by atoms with Crippen molar-refractivity contribution in [2.75, 3.05) is 19.3 Å². The Hall–Kier alpha value is -5.05. The maximum Gasteiger partial charge on any atom is 0.314 e. The Morgan fingerprint density at radius 2 is 1.18 bits per heavy atom. The van der Waals surface area contributed by atoms with Crippen molar-refractivity contribution in [1.82, 2.24) is 23.4 Å². The SMILES string of the molecule is CC1(CC(=O)OC(=O)CC2(C)CC(c3cccc(Cl)c3)C(c3ccc(Cl)cc3)N(C(CN(Cc3cccs3)S(C)(=O)=O)C3CC3)C2=O)CC(c2cccc(Cl)c2)C(c2ccc(Cl)cc2)N(C(CN(Cc2cccnc2)S(=O)O)C2CC2)C1=O. The number of thiophene rings is 1. The van der Waals surface area contributed by atoms with Gasteiger partial charge in [0, 0.05) is 87.5 Å². The topological polar surface area (TPSA) is 175 Å². The molecular weight excluding hydrogens is 1200 g/mol. The van der Waals surface area contributed by atoms with Gasteiger partial charge in [0.05, 0.1) is 42.0 Å². The minimum Gasteiger partial charge on any atom is -0.393 e. The zero-order chi connectivity index (χ0) is 59.0. The van der Waals surface area contributed by atoms with Crippen LogP contribution in [0.2, 0.25) is 20.1 Å². The van der Waals surface area contributed by atoms with E-state index in [4.69, 9.17) is 51.1 Å². The number of halogens is 4.